The van der Waals surface area contributed by atoms with Crippen LogP contribution in [-0.2, 0) is 0 Å². The molecule has 0 spiro atoms. The molecular weight excluding hydrogens is 480 g/mol. The fourth-order valence-corrected chi connectivity index (χ4v) is 2.48. The zero-order valence-corrected chi connectivity index (χ0v) is 14.9. The lowest BCUT2D eigenvalue weighted by Crippen LogP contribution is -1.88. The van der Waals surface area contributed by atoms with E-state index in [1.165, 1.54) is 0 Å². The van der Waals surface area contributed by atoms with Crippen LogP contribution in [0.3, 0.4) is 0 Å². The molecule has 0 saturated carbocycles. The minimum Gasteiger partial charge on any atom is -0.449 e. The van der Waals surface area contributed by atoms with Crippen LogP contribution < -0.4 is 4.74 Å². The second kappa shape index (κ2) is 7.56. The number of benzene rings is 1. The molecule has 0 aliphatic heterocycles. The molecule has 0 aromatic heterocycles. The van der Waals surface area contributed by atoms with Crippen molar-refractivity contribution in [2.45, 2.75) is 0 Å². The van der Waals surface area contributed by atoms with Crippen LogP contribution in [0.4, 0.5) is 0 Å². The largest absolute Gasteiger partial charge is 0.449 e. The lowest BCUT2D eigenvalue weighted by Gasteiger charge is -2.06. The second-order valence-corrected chi connectivity index (χ2v) is 6.37. The molecular formula is C12H8Br4O. The van der Waals surface area contributed by atoms with Gasteiger partial charge in [-0.3, -0.25) is 0 Å². The van der Waals surface area contributed by atoms with Gasteiger partial charge in [0.25, 0.3) is 0 Å². The highest BCUT2D eigenvalue weighted by molar-refractivity contribution is 9.12. The number of halogens is 4. The van der Waals surface area contributed by atoms with E-state index in [1.54, 1.807) is 12.2 Å². The van der Waals surface area contributed by atoms with Gasteiger partial charge in [-0.1, -0.05) is 44.5 Å². The molecule has 0 unspecified atom stereocenters. The van der Waals surface area contributed by atoms with E-state index >= 15 is 0 Å². The van der Waals surface area contributed by atoms with E-state index in [0.29, 0.717) is 4.67 Å². The van der Waals surface area contributed by atoms with E-state index in [0.717, 1.165) is 19.2 Å². The van der Waals surface area contributed by atoms with Crippen molar-refractivity contribution in [3.05, 3.63) is 61.1 Å². The SMILES string of the molecule is C=C/C(Br)=C\C=C(/Br)Oc1ccc(Br)cc1Br. The summed E-state index contributed by atoms with van der Waals surface area (Å²) in [6, 6.07) is 5.70. The van der Waals surface area contributed by atoms with Gasteiger partial charge in [-0.2, -0.15) is 0 Å². The van der Waals surface area contributed by atoms with Crippen molar-refractivity contribution in [2.75, 3.05) is 0 Å². The van der Waals surface area contributed by atoms with Gasteiger partial charge in [-0.05, 0) is 62.2 Å². The predicted octanol–water partition coefficient (Wildman–Crippen LogP) is 6.29. The molecule has 0 N–H and O–H groups in total. The van der Waals surface area contributed by atoms with Crippen LogP contribution in [0.15, 0.2) is 61.1 Å². The maximum Gasteiger partial charge on any atom is 0.169 e. The van der Waals surface area contributed by atoms with Gasteiger partial charge in [-0.25, -0.2) is 0 Å². The molecule has 0 radical (unpaired) electrons. The number of allylic oxidation sites excluding steroid dienone is 4. The van der Waals surface area contributed by atoms with E-state index in [-0.39, 0.29) is 0 Å². The van der Waals surface area contributed by atoms with Crippen LogP contribution >= 0.6 is 63.7 Å². The quantitative estimate of drug-likeness (QED) is 0.358. The zero-order chi connectivity index (χ0) is 12.8. The molecule has 0 amide bonds. The van der Waals surface area contributed by atoms with Crippen molar-refractivity contribution in [2.24, 2.45) is 0 Å². The number of rotatable bonds is 4. The highest BCUT2D eigenvalue weighted by Gasteiger charge is 2.02. The van der Waals surface area contributed by atoms with Crippen molar-refractivity contribution in [3.63, 3.8) is 0 Å². The van der Waals surface area contributed by atoms with Crippen LogP contribution in [-0.4, -0.2) is 0 Å². The molecule has 0 aliphatic carbocycles. The van der Waals surface area contributed by atoms with E-state index in [2.05, 4.69) is 70.3 Å². The van der Waals surface area contributed by atoms with E-state index in [4.69, 9.17) is 4.74 Å². The summed E-state index contributed by atoms with van der Waals surface area (Å²) in [5.74, 6) is 0.736. The van der Waals surface area contributed by atoms with Crippen LogP contribution in [0.1, 0.15) is 0 Å². The minimum absolute atomic E-state index is 0.610. The van der Waals surface area contributed by atoms with E-state index < -0.39 is 0 Å². The molecule has 90 valence electrons. The summed E-state index contributed by atoms with van der Waals surface area (Å²) in [5.41, 5.74) is 0. The first-order valence-electron chi connectivity index (χ1n) is 4.51. The Bertz CT molecular complexity index is 477. The first-order valence-corrected chi connectivity index (χ1v) is 7.68. The van der Waals surface area contributed by atoms with E-state index in [1.807, 2.05) is 24.3 Å². The molecule has 1 rings (SSSR count). The molecule has 0 heterocycles. The average molecular weight is 488 g/mol. The average Bonchev–Trinajstić information content (AvgIpc) is 2.29. The minimum atomic E-state index is 0.610. The van der Waals surface area contributed by atoms with E-state index in [9.17, 15) is 0 Å². The Morgan fingerprint density at radius 1 is 1.18 bits per heavy atom. The Morgan fingerprint density at radius 3 is 2.47 bits per heavy atom. The molecule has 1 aromatic rings. The van der Waals surface area contributed by atoms with Gasteiger partial charge in [0.2, 0.25) is 0 Å². The van der Waals surface area contributed by atoms with Crippen molar-refractivity contribution in [3.8, 4) is 5.75 Å². The summed E-state index contributed by atoms with van der Waals surface area (Å²) in [6.45, 7) is 3.63. The van der Waals surface area contributed by atoms with Gasteiger partial charge in [0, 0.05) is 8.96 Å². The molecule has 17 heavy (non-hydrogen) atoms. The van der Waals surface area contributed by atoms with Gasteiger partial charge in [-0.15, -0.1) is 0 Å². The lowest BCUT2D eigenvalue weighted by atomic mass is 10.3. The summed E-state index contributed by atoms with van der Waals surface area (Å²) in [5, 5.41) is 0. The number of hydrogen-bond donors (Lipinski definition) is 0. The predicted molar refractivity (Wildman–Crippen MR) is 86.7 cm³/mol. The van der Waals surface area contributed by atoms with Crippen LogP contribution in [0.2, 0.25) is 0 Å². The topological polar surface area (TPSA) is 9.23 Å². The normalized spacial score (nSPS) is 12.5. The molecule has 1 aromatic carbocycles. The molecule has 0 aliphatic rings. The fraction of sp³-hybridized carbons (Fsp3) is 0. The first-order chi connectivity index (χ1) is 8.02. The van der Waals surface area contributed by atoms with Gasteiger partial charge in [0.1, 0.15) is 5.75 Å². The maximum absolute atomic E-state index is 5.61. The zero-order valence-electron chi connectivity index (χ0n) is 8.59. The second-order valence-electron chi connectivity index (χ2n) is 2.90. The Balaban J connectivity index is 2.81. The van der Waals surface area contributed by atoms with Crippen molar-refractivity contribution < 1.29 is 4.74 Å². The first kappa shape index (κ1) is 15.2. The Kier molecular flexibility index (Phi) is 6.77. The number of ether oxygens (including phenoxy) is 1. The van der Waals surface area contributed by atoms with Gasteiger partial charge < -0.3 is 4.74 Å². The third-order valence-corrected chi connectivity index (χ3v) is 3.80. The van der Waals surface area contributed by atoms with Crippen LogP contribution in [0.25, 0.3) is 0 Å². The van der Waals surface area contributed by atoms with Gasteiger partial charge >= 0.3 is 0 Å². The van der Waals surface area contributed by atoms with Crippen LogP contribution in [0.5, 0.6) is 5.75 Å². The Labute approximate surface area is 134 Å². The van der Waals surface area contributed by atoms with Crippen molar-refractivity contribution in [1.29, 1.82) is 0 Å². The summed E-state index contributed by atoms with van der Waals surface area (Å²) < 4.78 is 8.97. The summed E-state index contributed by atoms with van der Waals surface area (Å²) in [4.78, 5) is 0. The van der Waals surface area contributed by atoms with Gasteiger partial charge in [0.15, 0.2) is 4.67 Å². The molecule has 0 atom stereocenters. The molecule has 0 fully saturated rings. The highest BCUT2D eigenvalue weighted by atomic mass is 79.9. The molecule has 0 bridgehead atoms. The van der Waals surface area contributed by atoms with Crippen molar-refractivity contribution >= 4 is 63.7 Å². The van der Waals surface area contributed by atoms with Crippen molar-refractivity contribution in [1.82, 2.24) is 0 Å². The summed E-state index contributed by atoms with van der Waals surface area (Å²) in [7, 11) is 0. The van der Waals surface area contributed by atoms with Gasteiger partial charge in [0.05, 0.1) is 4.47 Å². The third kappa shape index (κ3) is 5.55. The fourth-order valence-electron chi connectivity index (χ4n) is 0.910. The standard InChI is InChI=1S/C12H8Br4O/c1-2-8(13)4-6-12(16)17-11-5-3-9(14)7-10(11)15/h2-7H,1H2/b8-4+,12-6+. The molecule has 5 heteroatoms. The Morgan fingerprint density at radius 2 is 1.88 bits per heavy atom. The summed E-state index contributed by atoms with van der Waals surface area (Å²) >= 11 is 13.5. The highest BCUT2D eigenvalue weighted by Crippen LogP contribution is 2.30. The van der Waals surface area contributed by atoms with Crippen LogP contribution in [0, 0.1) is 0 Å². The monoisotopic (exact) mass is 484 g/mol. The maximum atomic E-state index is 5.61. The number of hydrogen-bond acceptors (Lipinski definition) is 1. The molecule has 1 nitrogen and oxygen atoms in total. The smallest absolute Gasteiger partial charge is 0.169 e. The summed E-state index contributed by atoms with van der Waals surface area (Å²) in [6.07, 6.45) is 5.33. The lowest BCUT2D eigenvalue weighted by molar-refractivity contribution is 0.466. The third-order valence-electron chi connectivity index (χ3n) is 1.67. The molecule has 0 saturated heterocycles. The Hall–Kier alpha value is 0.160.